The van der Waals surface area contributed by atoms with Crippen molar-refractivity contribution in [2.24, 2.45) is 0 Å². The average molecular weight is 380 g/mol. The first-order valence-electron chi connectivity index (χ1n) is 9.43. The second-order valence-electron chi connectivity index (χ2n) is 6.84. The third-order valence-corrected chi connectivity index (χ3v) is 5.95. The molecule has 4 nitrogen and oxygen atoms in total. The fraction of sp³-hybridized carbons (Fsp3) is 0.318. The Bertz CT molecular complexity index is 851. The minimum Gasteiger partial charge on any atom is -0.496 e. The standard InChI is InChI=1S/C22H25N3OS/c1-26-20-10-9-17(22-24-12-13-27-22)14-18(20)15-25-19-8-5-11-23-21(19)16-6-3-2-4-7-16/h2-4,6-7,9-10,12-14,19,21,23,25H,5,8,11,15H2,1H3/t19-,21-/m0/s1. The molecule has 1 saturated heterocycles. The van der Waals surface area contributed by atoms with E-state index in [1.165, 1.54) is 24.0 Å². The highest BCUT2D eigenvalue weighted by Gasteiger charge is 2.25. The van der Waals surface area contributed by atoms with Gasteiger partial charge < -0.3 is 15.4 Å². The van der Waals surface area contributed by atoms with E-state index in [4.69, 9.17) is 4.74 Å². The summed E-state index contributed by atoms with van der Waals surface area (Å²) in [4.78, 5) is 4.43. The van der Waals surface area contributed by atoms with Crippen molar-refractivity contribution in [2.45, 2.75) is 31.5 Å². The smallest absolute Gasteiger partial charge is 0.123 e. The number of ether oxygens (including phenoxy) is 1. The van der Waals surface area contributed by atoms with Crippen LogP contribution in [0.2, 0.25) is 0 Å². The summed E-state index contributed by atoms with van der Waals surface area (Å²) in [7, 11) is 1.73. The Balaban J connectivity index is 1.52. The van der Waals surface area contributed by atoms with Crippen LogP contribution in [0.5, 0.6) is 5.75 Å². The number of nitrogens with zero attached hydrogens (tertiary/aromatic N) is 1. The lowest BCUT2D eigenvalue weighted by molar-refractivity contribution is 0.303. The number of hydrogen-bond donors (Lipinski definition) is 2. The van der Waals surface area contributed by atoms with Crippen LogP contribution >= 0.6 is 11.3 Å². The van der Waals surface area contributed by atoms with Gasteiger partial charge in [0.05, 0.1) is 7.11 Å². The molecule has 1 aromatic heterocycles. The minimum atomic E-state index is 0.341. The molecule has 2 atom stereocenters. The molecular formula is C22H25N3OS. The van der Waals surface area contributed by atoms with Crippen molar-refractivity contribution in [1.82, 2.24) is 15.6 Å². The van der Waals surface area contributed by atoms with Crippen LogP contribution in [0.3, 0.4) is 0 Å². The lowest BCUT2D eigenvalue weighted by Gasteiger charge is -2.34. The highest BCUT2D eigenvalue weighted by molar-refractivity contribution is 7.13. The number of aromatic nitrogens is 1. The van der Waals surface area contributed by atoms with Crippen LogP contribution in [0, 0.1) is 0 Å². The van der Waals surface area contributed by atoms with Crippen molar-refractivity contribution >= 4 is 11.3 Å². The van der Waals surface area contributed by atoms with Crippen LogP contribution in [0.4, 0.5) is 0 Å². The summed E-state index contributed by atoms with van der Waals surface area (Å²) in [6.45, 7) is 1.85. The van der Waals surface area contributed by atoms with Crippen LogP contribution in [-0.2, 0) is 6.54 Å². The van der Waals surface area contributed by atoms with Crippen molar-refractivity contribution < 1.29 is 4.74 Å². The molecule has 140 valence electrons. The SMILES string of the molecule is COc1ccc(-c2nccs2)cc1CN[C@H]1CCCN[C@H]1c1ccccc1. The minimum absolute atomic E-state index is 0.341. The molecule has 3 aromatic rings. The molecule has 1 aliphatic rings. The van der Waals surface area contributed by atoms with E-state index in [2.05, 4.69) is 58.1 Å². The van der Waals surface area contributed by atoms with Gasteiger partial charge in [-0.2, -0.15) is 0 Å². The highest BCUT2D eigenvalue weighted by atomic mass is 32.1. The predicted molar refractivity (Wildman–Crippen MR) is 111 cm³/mol. The van der Waals surface area contributed by atoms with Gasteiger partial charge in [-0.05, 0) is 43.1 Å². The molecule has 0 unspecified atom stereocenters. The van der Waals surface area contributed by atoms with Gasteiger partial charge in [0.1, 0.15) is 10.8 Å². The summed E-state index contributed by atoms with van der Waals surface area (Å²) >= 11 is 1.66. The molecule has 5 heteroatoms. The van der Waals surface area contributed by atoms with E-state index in [0.717, 1.165) is 29.4 Å². The third kappa shape index (κ3) is 4.21. The molecule has 27 heavy (non-hydrogen) atoms. The van der Waals surface area contributed by atoms with Crippen LogP contribution in [0.1, 0.15) is 30.0 Å². The third-order valence-electron chi connectivity index (χ3n) is 5.13. The first-order chi connectivity index (χ1) is 13.3. The zero-order chi connectivity index (χ0) is 18.5. The van der Waals surface area contributed by atoms with Crippen molar-refractivity contribution in [3.05, 3.63) is 71.2 Å². The lowest BCUT2D eigenvalue weighted by atomic mass is 9.92. The Labute approximate surface area is 164 Å². The van der Waals surface area contributed by atoms with E-state index < -0.39 is 0 Å². The maximum absolute atomic E-state index is 5.60. The number of piperidine rings is 1. The topological polar surface area (TPSA) is 46.2 Å². The van der Waals surface area contributed by atoms with E-state index in [0.29, 0.717) is 12.1 Å². The molecule has 0 saturated carbocycles. The number of hydrogen-bond acceptors (Lipinski definition) is 5. The zero-order valence-electron chi connectivity index (χ0n) is 15.5. The summed E-state index contributed by atoms with van der Waals surface area (Å²) in [5.74, 6) is 0.919. The van der Waals surface area contributed by atoms with Crippen molar-refractivity contribution in [3.63, 3.8) is 0 Å². The normalized spacial score (nSPS) is 19.7. The van der Waals surface area contributed by atoms with Gasteiger partial charge in [0.25, 0.3) is 0 Å². The van der Waals surface area contributed by atoms with Crippen molar-refractivity contribution in [1.29, 1.82) is 0 Å². The monoisotopic (exact) mass is 379 g/mol. The molecule has 2 heterocycles. The van der Waals surface area contributed by atoms with Crippen molar-refractivity contribution in [3.8, 4) is 16.3 Å². The van der Waals surface area contributed by atoms with Gasteiger partial charge in [0.2, 0.25) is 0 Å². The van der Waals surface area contributed by atoms with E-state index >= 15 is 0 Å². The number of rotatable bonds is 6. The molecule has 2 aromatic carbocycles. The number of methoxy groups -OCH3 is 1. The Morgan fingerprint density at radius 2 is 2.11 bits per heavy atom. The summed E-state index contributed by atoms with van der Waals surface area (Å²) in [6.07, 6.45) is 4.21. The van der Waals surface area contributed by atoms with Crippen LogP contribution in [0.15, 0.2) is 60.1 Å². The summed E-state index contributed by atoms with van der Waals surface area (Å²) in [5, 5.41) is 10.5. The van der Waals surface area contributed by atoms with E-state index in [1.54, 1.807) is 18.4 Å². The first kappa shape index (κ1) is 18.2. The van der Waals surface area contributed by atoms with E-state index in [9.17, 15) is 0 Å². The number of benzene rings is 2. The fourth-order valence-electron chi connectivity index (χ4n) is 3.78. The predicted octanol–water partition coefficient (Wildman–Crippen LogP) is 4.40. The molecule has 4 rings (SSSR count). The average Bonchev–Trinajstić information content (AvgIpc) is 3.28. The van der Waals surface area contributed by atoms with E-state index in [-0.39, 0.29) is 0 Å². The van der Waals surface area contributed by atoms with Crippen molar-refractivity contribution in [2.75, 3.05) is 13.7 Å². The van der Waals surface area contributed by atoms with Gasteiger partial charge in [0, 0.05) is 41.3 Å². The zero-order valence-corrected chi connectivity index (χ0v) is 16.3. The van der Waals surface area contributed by atoms with Gasteiger partial charge >= 0.3 is 0 Å². The molecule has 0 spiro atoms. The van der Waals surface area contributed by atoms with E-state index in [1.807, 2.05) is 17.6 Å². The van der Waals surface area contributed by atoms with Crippen LogP contribution in [-0.4, -0.2) is 24.7 Å². The van der Waals surface area contributed by atoms with Gasteiger partial charge in [-0.1, -0.05) is 30.3 Å². The second-order valence-corrected chi connectivity index (χ2v) is 7.73. The molecule has 0 bridgehead atoms. The van der Waals surface area contributed by atoms with Gasteiger partial charge in [0.15, 0.2) is 0 Å². The molecule has 0 amide bonds. The van der Waals surface area contributed by atoms with Gasteiger partial charge in [-0.15, -0.1) is 11.3 Å². The summed E-state index contributed by atoms with van der Waals surface area (Å²) in [5.41, 5.74) is 3.66. The lowest BCUT2D eigenvalue weighted by Crippen LogP contribution is -2.45. The van der Waals surface area contributed by atoms with Crippen LogP contribution < -0.4 is 15.4 Å². The number of nitrogens with one attached hydrogen (secondary N) is 2. The fourth-order valence-corrected chi connectivity index (χ4v) is 4.41. The molecule has 1 aliphatic heterocycles. The maximum Gasteiger partial charge on any atom is 0.123 e. The summed E-state index contributed by atoms with van der Waals surface area (Å²) < 4.78 is 5.60. The summed E-state index contributed by atoms with van der Waals surface area (Å²) in [6, 6.07) is 17.8. The quantitative estimate of drug-likeness (QED) is 0.666. The largest absolute Gasteiger partial charge is 0.496 e. The highest BCUT2D eigenvalue weighted by Crippen LogP contribution is 2.29. The molecule has 2 N–H and O–H groups in total. The molecule has 0 radical (unpaired) electrons. The molecule has 1 fully saturated rings. The Morgan fingerprint density at radius 1 is 1.22 bits per heavy atom. The van der Waals surface area contributed by atoms with Crippen LogP contribution in [0.25, 0.3) is 10.6 Å². The number of thiazole rings is 1. The van der Waals surface area contributed by atoms with Gasteiger partial charge in [-0.25, -0.2) is 4.98 Å². The molecule has 0 aliphatic carbocycles. The Kier molecular flexibility index (Phi) is 5.82. The maximum atomic E-state index is 5.60. The van der Waals surface area contributed by atoms with Gasteiger partial charge in [-0.3, -0.25) is 0 Å². The molecular weight excluding hydrogens is 354 g/mol. The Morgan fingerprint density at radius 3 is 2.89 bits per heavy atom. The first-order valence-corrected chi connectivity index (χ1v) is 10.3. The Hall–Kier alpha value is -2.21. The second kappa shape index (κ2) is 8.65.